The quantitative estimate of drug-likeness (QED) is 0.847. The Balaban J connectivity index is 0.000000295. The average molecular weight is 325 g/mol. The van der Waals surface area contributed by atoms with Crippen molar-refractivity contribution in [2.45, 2.75) is 25.2 Å². The summed E-state index contributed by atoms with van der Waals surface area (Å²) >= 11 is 0. The Hall–Kier alpha value is -1.65. The Morgan fingerprint density at radius 2 is 2.27 bits per heavy atom. The molecule has 1 unspecified atom stereocenters. The molecule has 0 radical (unpaired) electrons. The Kier molecular flexibility index (Phi) is 6.78. The van der Waals surface area contributed by atoms with E-state index in [4.69, 9.17) is 25.1 Å². The lowest BCUT2D eigenvalue weighted by atomic mass is 10.1. The maximum atomic E-state index is 10.6. The van der Waals surface area contributed by atoms with E-state index in [-0.39, 0.29) is 6.10 Å². The molecule has 1 atom stereocenters. The molecule has 0 spiro atoms. The fourth-order valence-corrected chi connectivity index (χ4v) is 1.81. The first-order valence-corrected chi connectivity index (χ1v) is 6.46. The Bertz CT molecular complexity index is 490. The number of carbonyl (C=O) groups is 1. The first-order chi connectivity index (χ1) is 10.3. The van der Waals surface area contributed by atoms with Gasteiger partial charge >= 0.3 is 12.1 Å². The number of nitrogens with zero attached hydrogens (tertiary/aromatic N) is 2. The van der Waals surface area contributed by atoms with Gasteiger partial charge in [-0.3, -0.25) is 4.68 Å². The van der Waals surface area contributed by atoms with Gasteiger partial charge in [-0.05, 0) is 12.0 Å². The number of hydrogen-bond donors (Lipinski definition) is 2. The molecule has 0 amide bonds. The second-order valence-corrected chi connectivity index (χ2v) is 4.44. The Morgan fingerprint density at radius 3 is 2.77 bits per heavy atom. The molecule has 3 N–H and O–H groups in total. The van der Waals surface area contributed by atoms with E-state index in [0.717, 1.165) is 25.3 Å². The minimum atomic E-state index is -5.08. The molecule has 7 nitrogen and oxygen atoms in total. The van der Waals surface area contributed by atoms with Gasteiger partial charge in [0.15, 0.2) is 0 Å². The van der Waals surface area contributed by atoms with Crippen LogP contribution >= 0.6 is 0 Å². The summed E-state index contributed by atoms with van der Waals surface area (Å²) in [5.74, 6) is -2.76. The number of rotatable bonds is 4. The van der Waals surface area contributed by atoms with E-state index in [1.165, 1.54) is 5.56 Å². The molecule has 1 aromatic rings. The molecule has 1 aliphatic rings. The summed E-state index contributed by atoms with van der Waals surface area (Å²) in [6.07, 6.45) is -2.12. The Morgan fingerprint density at radius 1 is 1.64 bits per heavy atom. The standard InChI is InChI=1S/C10H17N3O2.C2HF3O2/c1-14-5-3-13-7-8-2-4-15-9(6-11)10(8)12-13;3-2(4,5)1(6)7/h7,9H,2-6,11H2,1H3;(H,6,7). The highest BCUT2D eigenvalue weighted by Crippen LogP contribution is 2.24. The number of ether oxygens (including phenoxy) is 2. The zero-order valence-electron chi connectivity index (χ0n) is 12.0. The van der Waals surface area contributed by atoms with Crippen molar-refractivity contribution in [1.82, 2.24) is 9.78 Å². The van der Waals surface area contributed by atoms with Crippen molar-refractivity contribution < 1.29 is 32.5 Å². The van der Waals surface area contributed by atoms with Gasteiger partial charge in [0.2, 0.25) is 0 Å². The van der Waals surface area contributed by atoms with Gasteiger partial charge in [-0.1, -0.05) is 0 Å². The lowest BCUT2D eigenvalue weighted by molar-refractivity contribution is -0.192. The number of halogens is 3. The minimum Gasteiger partial charge on any atom is -0.475 e. The van der Waals surface area contributed by atoms with Gasteiger partial charge in [0.05, 0.1) is 25.5 Å². The molecule has 0 aliphatic carbocycles. The maximum absolute atomic E-state index is 10.6. The number of fused-ring (bicyclic) bond motifs is 1. The van der Waals surface area contributed by atoms with Crippen LogP contribution in [-0.4, -0.2) is 53.9 Å². The number of aliphatic carboxylic acids is 1. The third-order valence-electron chi connectivity index (χ3n) is 2.85. The van der Waals surface area contributed by atoms with E-state index in [1.54, 1.807) is 7.11 Å². The third kappa shape index (κ3) is 5.28. The van der Waals surface area contributed by atoms with E-state index in [0.29, 0.717) is 13.2 Å². The maximum Gasteiger partial charge on any atom is 0.490 e. The van der Waals surface area contributed by atoms with Crippen LogP contribution < -0.4 is 5.73 Å². The van der Waals surface area contributed by atoms with Crippen molar-refractivity contribution in [3.63, 3.8) is 0 Å². The van der Waals surface area contributed by atoms with Crippen LogP contribution in [0.15, 0.2) is 6.20 Å². The highest BCUT2D eigenvalue weighted by molar-refractivity contribution is 5.73. The first-order valence-electron chi connectivity index (χ1n) is 6.46. The number of alkyl halides is 3. The molecular weight excluding hydrogens is 307 g/mol. The van der Waals surface area contributed by atoms with E-state index >= 15 is 0 Å². The number of carboxylic acids is 1. The molecule has 1 aliphatic heterocycles. The van der Waals surface area contributed by atoms with Crippen LogP contribution in [0.5, 0.6) is 0 Å². The highest BCUT2D eigenvalue weighted by atomic mass is 19.4. The largest absolute Gasteiger partial charge is 0.490 e. The highest BCUT2D eigenvalue weighted by Gasteiger charge is 2.38. The van der Waals surface area contributed by atoms with Crippen LogP contribution in [0.4, 0.5) is 13.2 Å². The summed E-state index contributed by atoms with van der Waals surface area (Å²) in [6.45, 7) is 2.69. The van der Waals surface area contributed by atoms with Gasteiger partial charge in [-0.25, -0.2) is 4.79 Å². The van der Waals surface area contributed by atoms with Crippen molar-refractivity contribution in [3.05, 3.63) is 17.5 Å². The van der Waals surface area contributed by atoms with Crippen molar-refractivity contribution >= 4 is 5.97 Å². The summed E-state index contributed by atoms with van der Waals surface area (Å²) in [5, 5.41) is 11.6. The van der Waals surface area contributed by atoms with Crippen LogP contribution in [0.2, 0.25) is 0 Å². The van der Waals surface area contributed by atoms with Crippen LogP contribution in [0.3, 0.4) is 0 Å². The van der Waals surface area contributed by atoms with E-state index in [9.17, 15) is 13.2 Å². The molecule has 2 rings (SSSR count). The number of hydrogen-bond acceptors (Lipinski definition) is 5. The monoisotopic (exact) mass is 325 g/mol. The summed E-state index contributed by atoms with van der Waals surface area (Å²) < 4.78 is 44.2. The van der Waals surface area contributed by atoms with Crippen molar-refractivity contribution in [3.8, 4) is 0 Å². The van der Waals surface area contributed by atoms with E-state index in [1.807, 2.05) is 4.68 Å². The van der Waals surface area contributed by atoms with Crippen LogP contribution in [0, 0.1) is 0 Å². The van der Waals surface area contributed by atoms with Gasteiger partial charge in [-0.2, -0.15) is 18.3 Å². The minimum absolute atomic E-state index is 0.0301. The molecule has 0 aromatic carbocycles. The molecule has 0 bridgehead atoms. The van der Waals surface area contributed by atoms with Crippen molar-refractivity contribution in [1.29, 1.82) is 0 Å². The summed E-state index contributed by atoms with van der Waals surface area (Å²) in [5.41, 5.74) is 7.89. The lowest BCUT2D eigenvalue weighted by Crippen LogP contribution is -2.22. The van der Waals surface area contributed by atoms with Crippen LogP contribution in [0.1, 0.15) is 17.4 Å². The lowest BCUT2D eigenvalue weighted by Gasteiger charge is -2.19. The molecule has 10 heteroatoms. The molecule has 0 saturated heterocycles. The zero-order valence-corrected chi connectivity index (χ0v) is 12.0. The molecule has 0 fully saturated rings. The fourth-order valence-electron chi connectivity index (χ4n) is 1.81. The summed E-state index contributed by atoms with van der Waals surface area (Å²) in [6, 6.07) is 0. The summed E-state index contributed by atoms with van der Waals surface area (Å²) in [7, 11) is 1.69. The number of nitrogens with two attached hydrogens (primary N) is 1. The molecule has 0 saturated carbocycles. The smallest absolute Gasteiger partial charge is 0.475 e. The van der Waals surface area contributed by atoms with Crippen molar-refractivity contribution in [2.24, 2.45) is 5.73 Å². The van der Waals surface area contributed by atoms with E-state index in [2.05, 4.69) is 11.3 Å². The van der Waals surface area contributed by atoms with Crippen LogP contribution in [-0.2, 0) is 27.2 Å². The average Bonchev–Trinajstić information content (AvgIpc) is 2.87. The number of carboxylic acid groups (broad SMARTS) is 1. The van der Waals surface area contributed by atoms with Crippen molar-refractivity contribution in [2.75, 3.05) is 26.9 Å². The van der Waals surface area contributed by atoms with Gasteiger partial charge in [0.25, 0.3) is 0 Å². The van der Waals surface area contributed by atoms with E-state index < -0.39 is 12.1 Å². The molecule has 1 aromatic heterocycles. The molecular formula is C12H18F3N3O4. The van der Waals surface area contributed by atoms with Gasteiger partial charge < -0.3 is 20.3 Å². The summed E-state index contributed by atoms with van der Waals surface area (Å²) in [4.78, 5) is 8.90. The van der Waals surface area contributed by atoms with Crippen LogP contribution in [0.25, 0.3) is 0 Å². The topological polar surface area (TPSA) is 99.6 Å². The predicted molar refractivity (Wildman–Crippen MR) is 69.2 cm³/mol. The second-order valence-electron chi connectivity index (χ2n) is 4.44. The number of methoxy groups -OCH3 is 1. The zero-order chi connectivity index (χ0) is 16.8. The SMILES string of the molecule is COCCn1cc2c(n1)C(CN)OCC2.O=C(O)C(F)(F)F. The fraction of sp³-hybridized carbons (Fsp3) is 0.667. The molecule has 2 heterocycles. The van der Waals surface area contributed by atoms with Gasteiger partial charge in [-0.15, -0.1) is 0 Å². The number of aromatic nitrogens is 2. The van der Waals surface area contributed by atoms with Gasteiger partial charge in [0.1, 0.15) is 6.10 Å². The predicted octanol–water partition coefficient (Wildman–Crippen LogP) is 0.735. The normalized spacial score (nSPS) is 17.4. The molecule has 126 valence electrons. The Labute approximate surface area is 124 Å². The third-order valence-corrected chi connectivity index (χ3v) is 2.85. The molecule has 22 heavy (non-hydrogen) atoms. The first kappa shape index (κ1) is 18.4. The van der Waals surface area contributed by atoms with Gasteiger partial charge in [0, 0.05) is 19.9 Å². The second kappa shape index (κ2) is 8.11.